The number of hydrogen-bond acceptors (Lipinski definition) is 4. The number of fused-ring (bicyclic) bond motifs is 4. The number of imide groups is 1. The molecule has 0 spiro atoms. The number of nitrogens with one attached hydrogen (secondary N) is 2. The molecule has 4 aromatic rings. The first-order valence-electron chi connectivity index (χ1n) is 13.3. The van der Waals surface area contributed by atoms with E-state index in [0.29, 0.717) is 30.0 Å². The fourth-order valence-corrected chi connectivity index (χ4v) is 5.79. The minimum Gasteiger partial charge on any atom is -0.497 e. The minimum atomic E-state index is -0.711. The number of H-pyrrole nitrogens is 1. The molecule has 1 saturated heterocycles. The van der Waals surface area contributed by atoms with Crippen LogP contribution in [0.4, 0.5) is 10.5 Å². The highest BCUT2D eigenvalue weighted by Gasteiger charge is 2.53. The Kier molecular flexibility index (Phi) is 6.30. The Morgan fingerprint density at radius 3 is 2.67 bits per heavy atom. The highest BCUT2D eigenvalue weighted by Crippen LogP contribution is 2.45. The van der Waals surface area contributed by atoms with Gasteiger partial charge in [-0.25, -0.2) is 9.69 Å². The largest absolute Gasteiger partial charge is 0.497 e. The average molecular weight is 523 g/mol. The second-order valence-electron chi connectivity index (χ2n) is 9.95. The van der Waals surface area contributed by atoms with E-state index in [1.54, 1.807) is 36.3 Å². The maximum Gasteiger partial charge on any atom is 0.332 e. The number of aromatic amines is 1. The zero-order valence-corrected chi connectivity index (χ0v) is 21.9. The van der Waals surface area contributed by atoms with E-state index in [1.807, 2.05) is 48.5 Å². The van der Waals surface area contributed by atoms with E-state index in [1.165, 1.54) is 4.90 Å². The van der Waals surface area contributed by atoms with E-state index in [9.17, 15) is 14.4 Å². The number of rotatable bonds is 7. The number of ether oxygens (including phenoxy) is 1. The SMILES string of the molecule is CCCCNC(=O)c1ccccc1N1C(=O)C2Cc3c([nH]c4ccccc34)C(c3cccc(OC)c3)N2C1=O. The van der Waals surface area contributed by atoms with Gasteiger partial charge in [-0.15, -0.1) is 0 Å². The van der Waals surface area contributed by atoms with Crippen molar-refractivity contribution in [3.05, 3.63) is 95.2 Å². The Morgan fingerprint density at radius 1 is 1.05 bits per heavy atom. The van der Waals surface area contributed by atoms with Crippen LogP contribution in [0.2, 0.25) is 0 Å². The second-order valence-corrected chi connectivity index (χ2v) is 9.95. The van der Waals surface area contributed by atoms with Crippen LogP contribution in [0.3, 0.4) is 0 Å². The number of unbranched alkanes of at least 4 members (excludes halogenated alkanes) is 1. The van der Waals surface area contributed by atoms with Crippen LogP contribution in [0.5, 0.6) is 5.75 Å². The fourth-order valence-electron chi connectivity index (χ4n) is 5.79. The number of benzene rings is 3. The molecule has 0 aliphatic carbocycles. The molecule has 0 bridgehead atoms. The van der Waals surface area contributed by atoms with Crippen LogP contribution < -0.4 is 15.0 Å². The Bertz CT molecular complexity index is 1590. The zero-order chi connectivity index (χ0) is 27.1. The highest BCUT2D eigenvalue weighted by molar-refractivity contribution is 6.24. The van der Waals surface area contributed by atoms with Crippen molar-refractivity contribution in [2.75, 3.05) is 18.6 Å². The van der Waals surface area contributed by atoms with Crippen LogP contribution in [-0.4, -0.2) is 47.4 Å². The lowest BCUT2D eigenvalue weighted by molar-refractivity contribution is -0.120. The molecule has 198 valence electrons. The molecule has 2 N–H and O–H groups in total. The Morgan fingerprint density at radius 2 is 1.85 bits per heavy atom. The normalized spacial score (nSPS) is 18.3. The zero-order valence-electron chi connectivity index (χ0n) is 21.9. The van der Waals surface area contributed by atoms with Gasteiger partial charge in [0.2, 0.25) is 0 Å². The molecule has 39 heavy (non-hydrogen) atoms. The van der Waals surface area contributed by atoms with Gasteiger partial charge in [-0.05, 0) is 47.9 Å². The number of carbonyl (C=O) groups excluding carboxylic acids is 3. The standard InChI is InChI=1S/C31H30N4O4/c1-3-4-16-32-29(36)22-13-6-8-15-25(22)35-30(37)26-18-23-21-12-5-7-14-24(21)33-27(23)28(34(26)31(35)38)19-10-9-11-20(17-19)39-2/h5-15,17,26,28,33H,3-4,16,18H2,1-2H3,(H,32,36). The predicted octanol–water partition coefficient (Wildman–Crippen LogP) is 5.19. The summed E-state index contributed by atoms with van der Waals surface area (Å²) in [6.07, 6.45) is 2.17. The van der Waals surface area contributed by atoms with Crippen molar-refractivity contribution < 1.29 is 19.1 Å². The summed E-state index contributed by atoms with van der Waals surface area (Å²) in [6.45, 7) is 2.58. The summed E-state index contributed by atoms with van der Waals surface area (Å²) in [5.41, 5.74) is 4.30. The van der Waals surface area contributed by atoms with Gasteiger partial charge in [0, 0.05) is 29.6 Å². The number of anilines is 1. The topological polar surface area (TPSA) is 94.7 Å². The van der Waals surface area contributed by atoms with Gasteiger partial charge in [0.1, 0.15) is 17.8 Å². The van der Waals surface area contributed by atoms with E-state index in [2.05, 4.69) is 17.2 Å². The van der Waals surface area contributed by atoms with Crippen LogP contribution in [0, 0.1) is 0 Å². The summed E-state index contributed by atoms with van der Waals surface area (Å²) in [5.74, 6) is 0.0268. The van der Waals surface area contributed by atoms with Crippen molar-refractivity contribution in [1.82, 2.24) is 15.2 Å². The van der Waals surface area contributed by atoms with Gasteiger partial charge in [-0.1, -0.05) is 55.8 Å². The summed E-state index contributed by atoms with van der Waals surface area (Å²) in [6, 6.07) is 20.7. The third-order valence-electron chi connectivity index (χ3n) is 7.66. The van der Waals surface area contributed by atoms with Crippen molar-refractivity contribution >= 4 is 34.4 Å². The first kappa shape index (κ1) is 24.7. The first-order valence-corrected chi connectivity index (χ1v) is 13.3. The molecule has 6 rings (SSSR count). The van der Waals surface area contributed by atoms with Crippen LogP contribution in [0.1, 0.15) is 53.0 Å². The molecule has 1 aromatic heterocycles. The van der Waals surface area contributed by atoms with Crippen molar-refractivity contribution in [2.24, 2.45) is 0 Å². The summed E-state index contributed by atoms with van der Waals surface area (Å²) in [4.78, 5) is 47.7. The third kappa shape index (κ3) is 4.03. The number of methoxy groups -OCH3 is 1. The number of amides is 4. The molecule has 3 heterocycles. The molecule has 2 aliphatic rings. The van der Waals surface area contributed by atoms with E-state index in [0.717, 1.165) is 40.6 Å². The van der Waals surface area contributed by atoms with E-state index >= 15 is 0 Å². The lowest BCUT2D eigenvalue weighted by atomic mass is 9.89. The van der Waals surface area contributed by atoms with Gasteiger partial charge in [0.05, 0.1) is 18.4 Å². The van der Waals surface area contributed by atoms with Gasteiger partial charge in [0.15, 0.2) is 0 Å². The highest BCUT2D eigenvalue weighted by atomic mass is 16.5. The van der Waals surface area contributed by atoms with Crippen molar-refractivity contribution in [3.63, 3.8) is 0 Å². The van der Waals surface area contributed by atoms with Crippen LogP contribution >= 0.6 is 0 Å². The lowest BCUT2D eigenvalue weighted by Gasteiger charge is -2.36. The number of hydrogen-bond donors (Lipinski definition) is 2. The quantitative estimate of drug-likeness (QED) is 0.258. The summed E-state index contributed by atoms with van der Waals surface area (Å²) in [7, 11) is 1.60. The summed E-state index contributed by atoms with van der Waals surface area (Å²) in [5, 5.41) is 3.95. The molecule has 3 aromatic carbocycles. The first-order chi connectivity index (χ1) is 19.0. The molecule has 0 saturated carbocycles. The van der Waals surface area contributed by atoms with Crippen LogP contribution in [0.25, 0.3) is 10.9 Å². The molecular weight excluding hydrogens is 492 g/mol. The Balaban J connectivity index is 1.46. The molecule has 2 aliphatic heterocycles. The number of nitrogens with zero attached hydrogens (tertiary/aromatic N) is 2. The number of carbonyl (C=O) groups is 3. The monoisotopic (exact) mass is 522 g/mol. The predicted molar refractivity (Wildman–Crippen MR) is 149 cm³/mol. The number of aromatic nitrogens is 1. The number of para-hydroxylation sites is 2. The molecule has 2 atom stereocenters. The molecule has 0 radical (unpaired) electrons. The van der Waals surface area contributed by atoms with Crippen molar-refractivity contribution in [1.29, 1.82) is 0 Å². The Hall–Kier alpha value is -4.59. The lowest BCUT2D eigenvalue weighted by Crippen LogP contribution is -2.44. The third-order valence-corrected chi connectivity index (χ3v) is 7.66. The van der Waals surface area contributed by atoms with E-state index in [-0.39, 0.29) is 11.8 Å². The number of urea groups is 1. The van der Waals surface area contributed by atoms with Crippen molar-refractivity contribution in [3.8, 4) is 5.75 Å². The van der Waals surface area contributed by atoms with Gasteiger partial charge in [-0.3, -0.25) is 14.5 Å². The minimum absolute atomic E-state index is 0.300. The van der Waals surface area contributed by atoms with Crippen molar-refractivity contribution in [2.45, 2.75) is 38.3 Å². The molecule has 4 amide bonds. The molecule has 8 nitrogen and oxygen atoms in total. The summed E-state index contributed by atoms with van der Waals surface area (Å²) >= 11 is 0. The van der Waals surface area contributed by atoms with E-state index < -0.39 is 18.1 Å². The Labute approximate surface area is 226 Å². The maximum absolute atomic E-state index is 14.2. The molecule has 1 fully saturated rings. The van der Waals surface area contributed by atoms with Gasteiger partial charge < -0.3 is 15.0 Å². The van der Waals surface area contributed by atoms with Gasteiger partial charge in [0.25, 0.3) is 11.8 Å². The second kappa shape index (κ2) is 9.94. The van der Waals surface area contributed by atoms with Gasteiger partial charge >= 0.3 is 6.03 Å². The van der Waals surface area contributed by atoms with Crippen LogP contribution in [0.15, 0.2) is 72.8 Å². The maximum atomic E-state index is 14.2. The molecule has 2 unspecified atom stereocenters. The fraction of sp³-hybridized carbons (Fsp3) is 0.258. The van der Waals surface area contributed by atoms with Crippen LogP contribution in [-0.2, 0) is 11.2 Å². The molecule has 8 heteroatoms. The smallest absolute Gasteiger partial charge is 0.332 e. The molecular formula is C31H30N4O4. The van der Waals surface area contributed by atoms with Gasteiger partial charge in [-0.2, -0.15) is 0 Å². The average Bonchev–Trinajstić information content (AvgIpc) is 3.46. The summed E-state index contributed by atoms with van der Waals surface area (Å²) < 4.78 is 5.49. The van der Waals surface area contributed by atoms with E-state index in [4.69, 9.17) is 4.74 Å².